The molecule has 0 aliphatic rings. The largest absolute Gasteiger partial charge is 0.480 e. The van der Waals surface area contributed by atoms with Gasteiger partial charge in [0.15, 0.2) is 0 Å². The molecule has 0 amide bonds. The molecule has 0 heterocycles. The highest BCUT2D eigenvalue weighted by Crippen LogP contribution is 2.20. The molecular formula is C11H22O4S. The van der Waals surface area contributed by atoms with E-state index in [0.717, 1.165) is 0 Å². The van der Waals surface area contributed by atoms with Crippen LogP contribution in [0.25, 0.3) is 0 Å². The van der Waals surface area contributed by atoms with E-state index in [0.29, 0.717) is 5.75 Å². The molecule has 0 aliphatic carbocycles. The second-order valence-electron chi connectivity index (χ2n) is 4.37. The lowest BCUT2D eigenvalue weighted by molar-refractivity contribution is -0.137. The number of carbonyl (C=O) groups is 1. The molecule has 0 aromatic rings. The number of ether oxygens (including phenoxy) is 1. The van der Waals surface area contributed by atoms with E-state index in [-0.39, 0.29) is 18.6 Å². The summed E-state index contributed by atoms with van der Waals surface area (Å²) < 4.78 is 5.25. The maximum absolute atomic E-state index is 10.9. The van der Waals surface area contributed by atoms with Crippen LogP contribution in [0.1, 0.15) is 27.7 Å². The first-order chi connectivity index (χ1) is 7.34. The quantitative estimate of drug-likeness (QED) is 0.685. The van der Waals surface area contributed by atoms with Crippen LogP contribution >= 0.6 is 11.8 Å². The lowest BCUT2D eigenvalue weighted by Crippen LogP contribution is -2.27. The minimum Gasteiger partial charge on any atom is -0.480 e. The Kier molecular flexibility index (Phi) is 7.80. The molecule has 0 bridgehead atoms. The normalized spacial score (nSPS) is 15.4. The summed E-state index contributed by atoms with van der Waals surface area (Å²) in [4.78, 5) is 10.9. The van der Waals surface area contributed by atoms with E-state index in [1.54, 1.807) is 0 Å². The van der Waals surface area contributed by atoms with Gasteiger partial charge in [0.2, 0.25) is 0 Å². The van der Waals surface area contributed by atoms with Crippen LogP contribution in [0, 0.1) is 5.92 Å². The van der Waals surface area contributed by atoms with Crippen LogP contribution in [0.3, 0.4) is 0 Å². The molecule has 0 radical (unpaired) electrons. The van der Waals surface area contributed by atoms with Crippen molar-refractivity contribution >= 4 is 17.7 Å². The van der Waals surface area contributed by atoms with E-state index in [1.165, 1.54) is 11.8 Å². The summed E-state index contributed by atoms with van der Waals surface area (Å²) in [5.74, 6) is -0.375. The van der Waals surface area contributed by atoms with Crippen LogP contribution in [0.5, 0.6) is 0 Å². The average molecular weight is 250 g/mol. The number of carboxylic acid groups (broad SMARTS) is 1. The number of hydrogen-bond donors (Lipinski definition) is 2. The first-order valence-corrected chi connectivity index (χ1v) is 6.53. The first kappa shape index (κ1) is 15.7. The Balaban J connectivity index is 3.87. The van der Waals surface area contributed by atoms with Crippen molar-refractivity contribution in [2.24, 2.45) is 5.92 Å². The Morgan fingerprint density at radius 2 is 1.88 bits per heavy atom. The summed E-state index contributed by atoms with van der Waals surface area (Å²) in [6.45, 7) is 7.78. The highest BCUT2D eigenvalue weighted by atomic mass is 32.2. The van der Waals surface area contributed by atoms with Gasteiger partial charge in [0.25, 0.3) is 0 Å². The fourth-order valence-corrected chi connectivity index (χ4v) is 2.17. The zero-order valence-electron chi connectivity index (χ0n) is 10.3. The van der Waals surface area contributed by atoms with Crippen LogP contribution in [0.2, 0.25) is 0 Å². The van der Waals surface area contributed by atoms with Gasteiger partial charge in [-0.25, -0.2) is 0 Å². The molecule has 0 aliphatic heterocycles. The monoisotopic (exact) mass is 250 g/mol. The minimum absolute atomic E-state index is 0.0562. The highest BCUT2D eigenvalue weighted by molar-refractivity contribution is 8.00. The zero-order valence-corrected chi connectivity index (χ0v) is 11.2. The zero-order chi connectivity index (χ0) is 12.7. The van der Waals surface area contributed by atoms with E-state index in [2.05, 4.69) is 0 Å². The fourth-order valence-electron chi connectivity index (χ4n) is 1.12. The summed E-state index contributed by atoms with van der Waals surface area (Å²) in [7, 11) is 0. The highest BCUT2D eigenvalue weighted by Gasteiger charge is 2.23. The molecule has 0 saturated heterocycles. The van der Waals surface area contributed by atoms with Gasteiger partial charge < -0.3 is 14.9 Å². The Morgan fingerprint density at radius 1 is 1.31 bits per heavy atom. The van der Waals surface area contributed by atoms with Crippen LogP contribution < -0.4 is 0 Å². The Bertz CT molecular complexity index is 206. The van der Waals surface area contributed by atoms with Gasteiger partial charge in [0.1, 0.15) is 5.25 Å². The summed E-state index contributed by atoms with van der Waals surface area (Å²) in [6, 6.07) is 0. The summed E-state index contributed by atoms with van der Waals surface area (Å²) in [5, 5.41) is 18.0. The van der Waals surface area contributed by atoms with E-state index >= 15 is 0 Å². The van der Waals surface area contributed by atoms with Crippen molar-refractivity contribution in [1.82, 2.24) is 0 Å². The third-order valence-electron chi connectivity index (χ3n) is 1.94. The predicted octanol–water partition coefficient (Wildman–Crippen LogP) is 1.61. The number of hydrogen-bond acceptors (Lipinski definition) is 4. The fraction of sp³-hybridized carbons (Fsp3) is 0.909. The van der Waals surface area contributed by atoms with Crippen molar-refractivity contribution in [2.45, 2.75) is 45.2 Å². The maximum Gasteiger partial charge on any atom is 0.316 e. The number of aliphatic carboxylic acids is 1. The van der Waals surface area contributed by atoms with E-state index in [1.807, 2.05) is 27.7 Å². The van der Waals surface area contributed by atoms with Crippen molar-refractivity contribution in [3.05, 3.63) is 0 Å². The molecule has 0 aromatic heterocycles. The molecule has 2 N–H and O–H groups in total. The molecule has 0 spiro atoms. The Labute approximate surface area is 101 Å². The molecule has 4 nitrogen and oxygen atoms in total. The SMILES string of the molecule is CC(C)OCC(O)CSC(C(=O)O)C(C)C. The summed E-state index contributed by atoms with van der Waals surface area (Å²) in [5.41, 5.74) is 0. The standard InChI is InChI=1S/C11H22O4S/c1-7(2)10(11(13)14)16-6-9(12)5-15-8(3)4/h7-10,12H,5-6H2,1-4H3,(H,13,14). The molecular weight excluding hydrogens is 228 g/mol. The smallest absolute Gasteiger partial charge is 0.316 e. The Hall–Kier alpha value is -0.260. The minimum atomic E-state index is -0.822. The third kappa shape index (κ3) is 7.09. The van der Waals surface area contributed by atoms with Crippen molar-refractivity contribution in [1.29, 1.82) is 0 Å². The molecule has 96 valence electrons. The molecule has 16 heavy (non-hydrogen) atoms. The van der Waals surface area contributed by atoms with Crippen LogP contribution in [0.15, 0.2) is 0 Å². The second-order valence-corrected chi connectivity index (χ2v) is 5.55. The lowest BCUT2D eigenvalue weighted by Gasteiger charge is -2.18. The third-order valence-corrected chi connectivity index (χ3v) is 3.62. The van der Waals surface area contributed by atoms with Crippen LogP contribution in [-0.2, 0) is 9.53 Å². The molecule has 0 aromatic carbocycles. The predicted molar refractivity (Wildman–Crippen MR) is 65.8 cm³/mol. The van der Waals surface area contributed by atoms with Crippen molar-refractivity contribution in [3.8, 4) is 0 Å². The van der Waals surface area contributed by atoms with Gasteiger partial charge >= 0.3 is 5.97 Å². The molecule has 2 unspecified atom stereocenters. The van der Waals surface area contributed by atoms with Crippen molar-refractivity contribution in [2.75, 3.05) is 12.4 Å². The number of rotatable bonds is 8. The van der Waals surface area contributed by atoms with Gasteiger partial charge in [-0.3, -0.25) is 4.79 Å². The van der Waals surface area contributed by atoms with E-state index in [9.17, 15) is 9.90 Å². The van der Waals surface area contributed by atoms with Gasteiger partial charge in [0.05, 0.1) is 18.8 Å². The van der Waals surface area contributed by atoms with Crippen LogP contribution in [-0.4, -0.2) is 46.0 Å². The van der Waals surface area contributed by atoms with E-state index in [4.69, 9.17) is 9.84 Å². The lowest BCUT2D eigenvalue weighted by atomic mass is 10.1. The number of aliphatic hydroxyl groups is 1. The summed E-state index contributed by atoms with van der Waals surface area (Å²) in [6.07, 6.45) is -0.520. The van der Waals surface area contributed by atoms with Gasteiger partial charge in [-0.05, 0) is 19.8 Å². The Morgan fingerprint density at radius 3 is 2.25 bits per heavy atom. The van der Waals surface area contributed by atoms with Gasteiger partial charge in [-0.15, -0.1) is 11.8 Å². The molecule has 2 atom stereocenters. The topological polar surface area (TPSA) is 66.8 Å². The second kappa shape index (κ2) is 7.92. The van der Waals surface area contributed by atoms with E-state index < -0.39 is 17.3 Å². The van der Waals surface area contributed by atoms with Crippen LogP contribution in [0.4, 0.5) is 0 Å². The molecule has 0 fully saturated rings. The number of aliphatic hydroxyl groups excluding tert-OH is 1. The maximum atomic E-state index is 10.9. The molecule has 0 rings (SSSR count). The number of carboxylic acids is 1. The molecule has 0 saturated carbocycles. The first-order valence-electron chi connectivity index (χ1n) is 5.48. The molecule has 5 heteroatoms. The summed E-state index contributed by atoms with van der Waals surface area (Å²) >= 11 is 1.27. The average Bonchev–Trinajstić information content (AvgIpc) is 2.13. The van der Waals surface area contributed by atoms with Crippen molar-refractivity contribution in [3.63, 3.8) is 0 Å². The number of thioether (sulfide) groups is 1. The van der Waals surface area contributed by atoms with Crippen molar-refractivity contribution < 1.29 is 19.7 Å². The van der Waals surface area contributed by atoms with Gasteiger partial charge in [-0.2, -0.15) is 0 Å². The van der Waals surface area contributed by atoms with Gasteiger partial charge in [-0.1, -0.05) is 13.8 Å². The van der Waals surface area contributed by atoms with Gasteiger partial charge in [0, 0.05) is 5.75 Å².